The molecule has 0 aliphatic carbocycles. The van der Waals surface area contributed by atoms with Crippen LogP contribution in [0.15, 0.2) is 47.4 Å². The zero-order chi connectivity index (χ0) is 16.6. The molecule has 120 valence electrons. The van der Waals surface area contributed by atoms with E-state index in [0.29, 0.717) is 5.01 Å². The van der Waals surface area contributed by atoms with E-state index in [9.17, 15) is 12.8 Å². The minimum atomic E-state index is -3.96. The van der Waals surface area contributed by atoms with Crippen molar-refractivity contribution in [1.82, 2.24) is 9.29 Å². The van der Waals surface area contributed by atoms with E-state index < -0.39 is 20.7 Å². The normalized spacial score (nSPS) is 12.2. The van der Waals surface area contributed by atoms with Crippen LogP contribution in [0.25, 0.3) is 10.2 Å². The van der Waals surface area contributed by atoms with Crippen LogP contribution >= 0.6 is 22.9 Å². The zero-order valence-corrected chi connectivity index (χ0v) is 14.4. The standard InChI is InChI=1S/C15H12ClFN2O2S2/c1-19(9-15-18-12-4-2-3-5-13(12)22-15)23(20,21)14-7-6-10(16)8-11(14)17/h2-8H,9H2,1H3. The van der Waals surface area contributed by atoms with Crippen LogP contribution in [0.1, 0.15) is 5.01 Å². The van der Waals surface area contributed by atoms with Crippen molar-refractivity contribution in [2.75, 3.05) is 7.05 Å². The average Bonchev–Trinajstić information content (AvgIpc) is 2.88. The molecule has 2 aromatic carbocycles. The molecule has 23 heavy (non-hydrogen) atoms. The molecule has 0 unspecified atom stereocenters. The molecule has 0 fully saturated rings. The Kier molecular flexibility index (Phi) is 4.37. The van der Waals surface area contributed by atoms with E-state index >= 15 is 0 Å². The fourth-order valence-electron chi connectivity index (χ4n) is 2.12. The monoisotopic (exact) mass is 370 g/mol. The summed E-state index contributed by atoms with van der Waals surface area (Å²) in [5.74, 6) is -0.867. The third-order valence-electron chi connectivity index (χ3n) is 3.28. The van der Waals surface area contributed by atoms with Gasteiger partial charge < -0.3 is 0 Å². The van der Waals surface area contributed by atoms with Crippen molar-refractivity contribution in [3.8, 4) is 0 Å². The summed E-state index contributed by atoms with van der Waals surface area (Å²) in [6.07, 6.45) is 0. The molecule has 0 aliphatic heterocycles. The molecule has 0 radical (unpaired) electrons. The lowest BCUT2D eigenvalue weighted by Gasteiger charge is -2.16. The smallest absolute Gasteiger partial charge is 0.240 e. The van der Waals surface area contributed by atoms with Crippen molar-refractivity contribution in [2.45, 2.75) is 11.4 Å². The van der Waals surface area contributed by atoms with Crippen molar-refractivity contribution in [3.05, 3.63) is 58.3 Å². The highest BCUT2D eigenvalue weighted by Crippen LogP contribution is 2.26. The highest BCUT2D eigenvalue weighted by molar-refractivity contribution is 7.89. The number of thiazole rings is 1. The van der Waals surface area contributed by atoms with Crippen molar-refractivity contribution < 1.29 is 12.8 Å². The van der Waals surface area contributed by atoms with E-state index in [1.807, 2.05) is 24.3 Å². The molecule has 1 aromatic heterocycles. The Morgan fingerprint density at radius 2 is 2.00 bits per heavy atom. The minimum absolute atomic E-state index is 0.0732. The highest BCUT2D eigenvalue weighted by atomic mass is 35.5. The predicted octanol–water partition coefficient (Wildman–Crippen LogP) is 3.91. The number of benzene rings is 2. The summed E-state index contributed by atoms with van der Waals surface area (Å²) >= 11 is 7.08. The van der Waals surface area contributed by atoms with E-state index in [-0.39, 0.29) is 11.6 Å². The summed E-state index contributed by atoms with van der Waals surface area (Å²) in [6.45, 7) is 0.0732. The van der Waals surface area contributed by atoms with Gasteiger partial charge in [-0.3, -0.25) is 0 Å². The lowest BCUT2D eigenvalue weighted by Crippen LogP contribution is -2.27. The van der Waals surface area contributed by atoms with Crippen LogP contribution < -0.4 is 0 Å². The third kappa shape index (κ3) is 3.23. The molecule has 0 bridgehead atoms. The third-order valence-corrected chi connectivity index (χ3v) is 6.37. The lowest BCUT2D eigenvalue weighted by atomic mass is 10.3. The molecule has 8 heteroatoms. The van der Waals surface area contributed by atoms with E-state index in [4.69, 9.17) is 11.6 Å². The van der Waals surface area contributed by atoms with Crippen LogP contribution in [0.3, 0.4) is 0 Å². The van der Waals surface area contributed by atoms with E-state index in [1.165, 1.54) is 30.5 Å². The summed E-state index contributed by atoms with van der Waals surface area (Å²) in [6, 6.07) is 11.1. The maximum Gasteiger partial charge on any atom is 0.246 e. The molecule has 0 atom stereocenters. The summed E-state index contributed by atoms with van der Waals surface area (Å²) < 4.78 is 41.0. The Bertz CT molecular complexity index is 940. The lowest BCUT2D eigenvalue weighted by molar-refractivity contribution is 0.459. The molecule has 0 spiro atoms. The topological polar surface area (TPSA) is 50.3 Å². The molecule has 3 aromatic rings. The summed E-state index contributed by atoms with van der Waals surface area (Å²) in [5, 5.41) is 0.793. The van der Waals surface area contributed by atoms with Crippen molar-refractivity contribution in [1.29, 1.82) is 0 Å². The molecule has 0 N–H and O–H groups in total. The van der Waals surface area contributed by atoms with Crippen molar-refractivity contribution >= 4 is 43.2 Å². The Morgan fingerprint density at radius 3 is 2.70 bits per heavy atom. The summed E-state index contributed by atoms with van der Waals surface area (Å²) in [7, 11) is -2.56. The van der Waals surface area contributed by atoms with Gasteiger partial charge in [-0.15, -0.1) is 11.3 Å². The second-order valence-corrected chi connectivity index (χ2v) is 8.48. The second kappa shape index (κ2) is 6.16. The van der Waals surface area contributed by atoms with Crippen LogP contribution in [0, 0.1) is 5.82 Å². The fraction of sp³-hybridized carbons (Fsp3) is 0.133. The highest BCUT2D eigenvalue weighted by Gasteiger charge is 2.25. The fourth-order valence-corrected chi connectivity index (χ4v) is 4.55. The Labute approximate surface area is 142 Å². The number of para-hydroxylation sites is 1. The number of aromatic nitrogens is 1. The molecule has 0 saturated heterocycles. The summed E-state index contributed by atoms with van der Waals surface area (Å²) in [4.78, 5) is 4.00. The molecular weight excluding hydrogens is 359 g/mol. The SMILES string of the molecule is CN(Cc1nc2ccccc2s1)S(=O)(=O)c1ccc(Cl)cc1F. The van der Waals surface area contributed by atoms with Crippen LogP contribution in [0.4, 0.5) is 4.39 Å². The van der Waals surface area contributed by atoms with E-state index in [2.05, 4.69) is 4.98 Å². The number of hydrogen-bond acceptors (Lipinski definition) is 4. The Balaban J connectivity index is 1.90. The number of fused-ring (bicyclic) bond motifs is 1. The first-order chi connectivity index (χ1) is 10.9. The number of hydrogen-bond donors (Lipinski definition) is 0. The number of halogens is 2. The van der Waals surface area contributed by atoms with Gasteiger partial charge >= 0.3 is 0 Å². The van der Waals surface area contributed by atoms with E-state index in [0.717, 1.165) is 20.6 Å². The molecule has 3 rings (SSSR count). The van der Waals surface area contributed by atoms with Gasteiger partial charge in [0.05, 0.1) is 16.8 Å². The second-order valence-electron chi connectivity index (χ2n) is 4.91. The van der Waals surface area contributed by atoms with Gasteiger partial charge in [0, 0.05) is 12.1 Å². The van der Waals surface area contributed by atoms with Crippen molar-refractivity contribution in [2.24, 2.45) is 0 Å². The largest absolute Gasteiger partial charge is 0.246 e. The quantitative estimate of drug-likeness (QED) is 0.699. The van der Waals surface area contributed by atoms with Gasteiger partial charge in [-0.25, -0.2) is 17.8 Å². The minimum Gasteiger partial charge on any atom is -0.240 e. The number of sulfonamides is 1. The summed E-state index contributed by atoms with van der Waals surface area (Å²) in [5.41, 5.74) is 0.816. The van der Waals surface area contributed by atoms with Crippen LogP contribution in [-0.2, 0) is 16.6 Å². The zero-order valence-electron chi connectivity index (χ0n) is 12.0. The average molecular weight is 371 g/mol. The number of nitrogens with zero attached hydrogens (tertiary/aromatic N) is 2. The molecule has 4 nitrogen and oxygen atoms in total. The van der Waals surface area contributed by atoms with Gasteiger partial charge in [-0.2, -0.15) is 4.31 Å². The maximum absolute atomic E-state index is 13.9. The van der Waals surface area contributed by atoms with Gasteiger partial charge in [-0.05, 0) is 30.3 Å². The van der Waals surface area contributed by atoms with Crippen LogP contribution in [-0.4, -0.2) is 24.8 Å². The predicted molar refractivity (Wildman–Crippen MR) is 89.7 cm³/mol. The molecular formula is C15H12ClFN2O2S2. The van der Waals surface area contributed by atoms with Crippen LogP contribution in [0.2, 0.25) is 5.02 Å². The van der Waals surface area contributed by atoms with E-state index in [1.54, 1.807) is 0 Å². The van der Waals surface area contributed by atoms with Gasteiger partial charge in [0.1, 0.15) is 15.7 Å². The molecule has 1 heterocycles. The first-order valence-corrected chi connectivity index (χ1v) is 9.27. The molecule has 0 saturated carbocycles. The van der Waals surface area contributed by atoms with Crippen molar-refractivity contribution in [3.63, 3.8) is 0 Å². The van der Waals surface area contributed by atoms with Gasteiger partial charge in [-0.1, -0.05) is 23.7 Å². The van der Waals surface area contributed by atoms with Gasteiger partial charge in [0.2, 0.25) is 10.0 Å². The Morgan fingerprint density at radius 1 is 1.26 bits per heavy atom. The molecule has 0 amide bonds. The molecule has 0 aliphatic rings. The first kappa shape index (κ1) is 16.3. The van der Waals surface area contributed by atoms with Gasteiger partial charge in [0.15, 0.2) is 0 Å². The number of rotatable bonds is 4. The van der Waals surface area contributed by atoms with Gasteiger partial charge in [0.25, 0.3) is 0 Å². The van der Waals surface area contributed by atoms with Crippen LogP contribution in [0.5, 0.6) is 0 Å². The first-order valence-electron chi connectivity index (χ1n) is 6.64. The Hall–Kier alpha value is -1.54. The maximum atomic E-state index is 13.9.